The molecule has 118 valence electrons. The van der Waals surface area contributed by atoms with Gasteiger partial charge in [0.1, 0.15) is 6.61 Å². The topological polar surface area (TPSA) is 26.3 Å². The van der Waals surface area contributed by atoms with Crippen molar-refractivity contribution in [1.82, 2.24) is 0 Å². The Morgan fingerprint density at radius 2 is 1.67 bits per heavy atom. The zero-order valence-electron chi connectivity index (χ0n) is 13.2. The maximum Gasteiger partial charge on any atom is 0.305 e. The van der Waals surface area contributed by atoms with Crippen molar-refractivity contribution in [3.8, 4) is 0 Å². The average Bonchev–Trinajstić information content (AvgIpc) is 2.52. The summed E-state index contributed by atoms with van der Waals surface area (Å²) in [5.41, 5.74) is 0. The SMILES string of the molecule is CCCCCCCCCC(=O)OCCSc1ccccc1. The first-order valence-corrected chi connectivity index (χ1v) is 9.15. The molecular weight excluding hydrogens is 280 g/mol. The van der Waals surface area contributed by atoms with Crippen molar-refractivity contribution in [3.05, 3.63) is 30.3 Å². The van der Waals surface area contributed by atoms with Crippen molar-refractivity contribution in [2.75, 3.05) is 12.4 Å². The standard InChI is InChI=1S/C18H28O2S/c1-2-3-4-5-6-7-11-14-18(19)20-15-16-21-17-12-9-8-10-13-17/h8-10,12-13H,2-7,11,14-16H2,1H3. The fourth-order valence-corrected chi connectivity index (χ4v) is 2.88. The quantitative estimate of drug-likeness (QED) is 0.291. The van der Waals surface area contributed by atoms with Crippen LogP contribution in [0.15, 0.2) is 35.2 Å². The Kier molecular flexibility index (Phi) is 11.0. The summed E-state index contributed by atoms with van der Waals surface area (Å²) in [6, 6.07) is 10.2. The van der Waals surface area contributed by atoms with Crippen LogP contribution in [-0.2, 0) is 9.53 Å². The number of hydrogen-bond acceptors (Lipinski definition) is 3. The van der Waals surface area contributed by atoms with E-state index in [0.717, 1.165) is 18.6 Å². The van der Waals surface area contributed by atoms with Gasteiger partial charge in [-0.2, -0.15) is 0 Å². The molecule has 1 rings (SSSR count). The zero-order chi connectivity index (χ0) is 15.2. The van der Waals surface area contributed by atoms with Crippen LogP contribution in [0, 0.1) is 0 Å². The first-order chi connectivity index (χ1) is 10.3. The first-order valence-electron chi connectivity index (χ1n) is 8.16. The number of unbranched alkanes of at least 4 members (excludes halogenated alkanes) is 6. The number of benzene rings is 1. The van der Waals surface area contributed by atoms with E-state index in [0.29, 0.717) is 13.0 Å². The second kappa shape index (κ2) is 12.8. The molecule has 1 aromatic rings. The molecule has 0 saturated heterocycles. The van der Waals surface area contributed by atoms with Crippen molar-refractivity contribution >= 4 is 17.7 Å². The maximum atomic E-state index is 11.6. The fraction of sp³-hybridized carbons (Fsp3) is 0.611. The number of thioether (sulfide) groups is 1. The Hall–Kier alpha value is -0.960. The van der Waals surface area contributed by atoms with Crippen molar-refractivity contribution in [1.29, 1.82) is 0 Å². The number of rotatable bonds is 12. The lowest BCUT2D eigenvalue weighted by Gasteiger charge is -2.05. The molecule has 0 fully saturated rings. The van der Waals surface area contributed by atoms with Crippen LogP contribution in [0.1, 0.15) is 58.3 Å². The number of ether oxygens (including phenoxy) is 1. The number of hydrogen-bond donors (Lipinski definition) is 0. The molecular formula is C18H28O2S. The molecule has 0 heterocycles. The van der Waals surface area contributed by atoms with Crippen LogP contribution in [0.2, 0.25) is 0 Å². The number of carbonyl (C=O) groups is 1. The summed E-state index contributed by atoms with van der Waals surface area (Å²) in [7, 11) is 0. The van der Waals surface area contributed by atoms with Gasteiger partial charge in [-0.15, -0.1) is 11.8 Å². The first kappa shape index (κ1) is 18.1. The summed E-state index contributed by atoms with van der Waals surface area (Å²) < 4.78 is 5.25. The molecule has 0 aliphatic heterocycles. The van der Waals surface area contributed by atoms with Crippen LogP contribution in [0.3, 0.4) is 0 Å². The fourth-order valence-electron chi connectivity index (χ4n) is 2.13. The Morgan fingerprint density at radius 1 is 1.00 bits per heavy atom. The van der Waals surface area contributed by atoms with Gasteiger partial charge < -0.3 is 4.74 Å². The Bertz CT molecular complexity index is 365. The Morgan fingerprint density at radius 3 is 2.38 bits per heavy atom. The second-order valence-electron chi connectivity index (χ2n) is 5.25. The summed E-state index contributed by atoms with van der Waals surface area (Å²) in [4.78, 5) is 12.8. The van der Waals surface area contributed by atoms with Gasteiger partial charge in [0.05, 0.1) is 0 Å². The normalized spacial score (nSPS) is 10.5. The summed E-state index contributed by atoms with van der Waals surface area (Å²) in [5, 5.41) is 0. The second-order valence-corrected chi connectivity index (χ2v) is 6.42. The van der Waals surface area contributed by atoms with Crippen molar-refractivity contribution in [2.24, 2.45) is 0 Å². The molecule has 0 bridgehead atoms. The van der Waals surface area contributed by atoms with Crippen LogP contribution in [0.5, 0.6) is 0 Å². The van der Waals surface area contributed by atoms with Crippen molar-refractivity contribution < 1.29 is 9.53 Å². The molecule has 2 nitrogen and oxygen atoms in total. The van der Waals surface area contributed by atoms with E-state index in [1.54, 1.807) is 11.8 Å². The third kappa shape index (κ3) is 10.4. The largest absolute Gasteiger partial charge is 0.465 e. The van der Waals surface area contributed by atoms with Crippen LogP contribution < -0.4 is 0 Å². The van der Waals surface area contributed by atoms with Gasteiger partial charge in [0.2, 0.25) is 0 Å². The van der Waals surface area contributed by atoms with Crippen LogP contribution >= 0.6 is 11.8 Å². The highest BCUT2D eigenvalue weighted by atomic mass is 32.2. The molecule has 0 unspecified atom stereocenters. The lowest BCUT2D eigenvalue weighted by atomic mass is 10.1. The molecule has 1 aromatic carbocycles. The lowest BCUT2D eigenvalue weighted by Crippen LogP contribution is -2.07. The van der Waals surface area contributed by atoms with Gasteiger partial charge >= 0.3 is 5.97 Å². The minimum Gasteiger partial charge on any atom is -0.465 e. The van der Waals surface area contributed by atoms with Gasteiger partial charge in [-0.05, 0) is 18.6 Å². The van der Waals surface area contributed by atoms with Crippen LogP contribution in [0.25, 0.3) is 0 Å². The van der Waals surface area contributed by atoms with Crippen LogP contribution in [0.4, 0.5) is 0 Å². The van der Waals surface area contributed by atoms with Gasteiger partial charge in [0.25, 0.3) is 0 Å². The van der Waals surface area contributed by atoms with Crippen LogP contribution in [-0.4, -0.2) is 18.3 Å². The van der Waals surface area contributed by atoms with E-state index in [-0.39, 0.29) is 5.97 Å². The molecule has 0 aliphatic rings. The Labute approximate surface area is 133 Å². The number of esters is 1. The minimum atomic E-state index is -0.0442. The lowest BCUT2D eigenvalue weighted by molar-refractivity contribution is -0.143. The molecule has 0 amide bonds. The van der Waals surface area contributed by atoms with E-state index < -0.39 is 0 Å². The predicted octanol–water partition coefficient (Wildman–Crippen LogP) is 5.46. The monoisotopic (exact) mass is 308 g/mol. The highest BCUT2D eigenvalue weighted by Gasteiger charge is 2.02. The highest BCUT2D eigenvalue weighted by Crippen LogP contribution is 2.16. The summed E-state index contributed by atoms with van der Waals surface area (Å²) in [5.74, 6) is 0.782. The zero-order valence-corrected chi connectivity index (χ0v) is 14.0. The van der Waals surface area contributed by atoms with Gasteiger partial charge in [0.15, 0.2) is 0 Å². The van der Waals surface area contributed by atoms with E-state index >= 15 is 0 Å². The molecule has 3 heteroatoms. The molecule has 0 saturated carbocycles. The van der Waals surface area contributed by atoms with Crippen molar-refractivity contribution in [2.45, 2.75) is 63.2 Å². The van der Waals surface area contributed by atoms with Gasteiger partial charge in [0, 0.05) is 17.1 Å². The van der Waals surface area contributed by atoms with Gasteiger partial charge in [-0.3, -0.25) is 4.79 Å². The average molecular weight is 308 g/mol. The van der Waals surface area contributed by atoms with Gasteiger partial charge in [-0.25, -0.2) is 0 Å². The van der Waals surface area contributed by atoms with E-state index in [1.807, 2.05) is 18.2 Å². The molecule has 0 aromatic heterocycles. The Balaban J connectivity index is 1.90. The van der Waals surface area contributed by atoms with E-state index in [9.17, 15) is 4.79 Å². The minimum absolute atomic E-state index is 0.0442. The third-order valence-corrected chi connectivity index (χ3v) is 4.32. The molecule has 0 radical (unpaired) electrons. The molecule has 0 atom stereocenters. The molecule has 0 N–H and O–H groups in total. The third-order valence-electron chi connectivity index (χ3n) is 3.34. The van der Waals surface area contributed by atoms with E-state index in [1.165, 1.54) is 37.0 Å². The molecule has 21 heavy (non-hydrogen) atoms. The smallest absolute Gasteiger partial charge is 0.305 e. The predicted molar refractivity (Wildman–Crippen MR) is 90.7 cm³/mol. The molecule has 0 spiro atoms. The summed E-state index contributed by atoms with van der Waals surface area (Å²) in [6.45, 7) is 2.74. The highest BCUT2D eigenvalue weighted by molar-refractivity contribution is 7.99. The van der Waals surface area contributed by atoms with E-state index in [4.69, 9.17) is 4.74 Å². The maximum absolute atomic E-state index is 11.6. The van der Waals surface area contributed by atoms with E-state index in [2.05, 4.69) is 19.1 Å². The number of carbonyl (C=O) groups excluding carboxylic acids is 1. The molecule has 0 aliphatic carbocycles. The summed E-state index contributed by atoms with van der Waals surface area (Å²) >= 11 is 1.72. The summed E-state index contributed by atoms with van der Waals surface area (Å²) in [6.07, 6.45) is 9.19. The van der Waals surface area contributed by atoms with Crippen molar-refractivity contribution in [3.63, 3.8) is 0 Å². The van der Waals surface area contributed by atoms with Gasteiger partial charge in [-0.1, -0.05) is 63.6 Å².